The fourth-order valence-corrected chi connectivity index (χ4v) is 5.64. The van der Waals surface area contributed by atoms with Crippen LogP contribution < -0.4 is 5.32 Å². The molecule has 1 aromatic heterocycles. The van der Waals surface area contributed by atoms with E-state index in [1.54, 1.807) is 6.07 Å². The van der Waals surface area contributed by atoms with E-state index in [2.05, 4.69) is 39.8 Å². The quantitative estimate of drug-likeness (QED) is 0.624. The molecular weight excluding hydrogens is 339 g/mol. The number of benzene rings is 2. The van der Waals surface area contributed by atoms with Crippen LogP contribution in [0.1, 0.15) is 35.1 Å². The lowest BCUT2D eigenvalue weighted by Gasteiger charge is -2.42. The summed E-state index contributed by atoms with van der Waals surface area (Å²) in [4.78, 5) is 0. The number of hydrogen-bond acceptors (Lipinski definition) is 3. The maximum Gasteiger partial charge on any atom is 0.140 e. The molecule has 5 unspecified atom stereocenters. The number of halogens is 1. The minimum absolute atomic E-state index is 0.0690. The number of H-pyrrole nitrogens is 1. The van der Waals surface area contributed by atoms with Crippen molar-refractivity contribution < 1.29 is 4.39 Å². The number of anilines is 1. The number of nitrogens with one attached hydrogen (secondary N) is 2. The van der Waals surface area contributed by atoms with Gasteiger partial charge in [0.05, 0.1) is 23.3 Å². The molecule has 0 spiro atoms. The van der Waals surface area contributed by atoms with Crippen molar-refractivity contribution in [3.05, 3.63) is 71.2 Å². The molecule has 2 bridgehead atoms. The third kappa shape index (κ3) is 1.93. The molecule has 1 aliphatic heterocycles. The molecule has 5 heteroatoms. The van der Waals surface area contributed by atoms with E-state index in [4.69, 9.17) is 0 Å². The van der Waals surface area contributed by atoms with Crippen molar-refractivity contribution in [2.45, 2.75) is 18.4 Å². The van der Waals surface area contributed by atoms with Crippen LogP contribution in [0.2, 0.25) is 0 Å². The van der Waals surface area contributed by atoms with Gasteiger partial charge < -0.3 is 5.32 Å². The summed E-state index contributed by atoms with van der Waals surface area (Å²) in [5.74, 6) is 1.38. The van der Waals surface area contributed by atoms with Gasteiger partial charge in [0.15, 0.2) is 0 Å². The fourth-order valence-electron chi connectivity index (χ4n) is 5.64. The smallest absolute Gasteiger partial charge is 0.140 e. The predicted molar refractivity (Wildman–Crippen MR) is 101 cm³/mol. The first-order valence-corrected chi connectivity index (χ1v) is 9.35. The number of nitriles is 1. The largest absolute Gasteiger partial charge is 0.378 e. The minimum atomic E-state index is -0.457. The van der Waals surface area contributed by atoms with Crippen molar-refractivity contribution in [1.29, 1.82) is 5.26 Å². The Morgan fingerprint density at radius 1 is 1.15 bits per heavy atom. The van der Waals surface area contributed by atoms with Gasteiger partial charge in [-0.1, -0.05) is 18.2 Å². The molecule has 6 rings (SSSR count). The van der Waals surface area contributed by atoms with Crippen LogP contribution in [0.5, 0.6) is 0 Å². The van der Waals surface area contributed by atoms with Crippen molar-refractivity contribution in [3.8, 4) is 6.07 Å². The highest BCUT2D eigenvalue weighted by Gasteiger charge is 2.52. The van der Waals surface area contributed by atoms with E-state index < -0.39 is 5.82 Å². The maximum atomic E-state index is 13.9. The first-order chi connectivity index (χ1) is 13.2. The molecule has 2 aromatic carbocycles. The summed E-state index contributed by atoms with van der Waals surface area (Å²) in [5.41, 5.74) is 4.64. The van der Waals surface area contributed by atoms with Gasteiger partial charge in [-0.15, -0.1) is 0 Å². The van der Waals surface area contributed by atoms with E-state index in [9.17, 15) is 9.65 Å². The normalized spacial score (nSPS) is 30.0. The summed E-state index contributed by atoms with van der Waals surface area (Å²) >= 11 is 0. The van der Waals surface area contributed by atoms with Crippen LogP contribution in [0.4, 0.5) is 10.1 Å². The zero-order valence-electron chi connectivity index (χ0n) is 14.5. The molecule has 2 heterocycles. The van der Waals surface area contributed by atoms with Gasteiger partial charge in [-0.2, -0.15) is 10.4 Å². The van der Waals surface area contributed by atoms with Gasteiger partial charge in [-0.25, -0.2) is 4.39 Å². The van der Waals surface area contributed by atoms with E-state index in [-0.39, 0.29) is 11.6 Å². The lowest BCUT2D eigenvalue weighted by Crippen LogP contribution is -2.34. The van der Waals surface area contributed by atoms with Crippen molar-refractivity contribution in [2.75, 3.05) is 5.32 Å². The highest BCUT2D eigenvalue weighted by Crippen LogP contribution is 2.62. The van der Waals surface area contributed by atoms with Gasteiger partial charge in [0.1, 0.15) is 11.9 Å². The second-order valence-corrected chi connectivity index (χ2v) is 7.88. The van der Waals surface area contributed by atoms with Crippen molar-refractivity contribution in [3.63, 3.8) is 0 Å². The zero-order valence-corrected chi connectivity index (χ0v) is 14.5. The molecule has 2 aliphatic carbocycles. The molecule has 4 nitrogen and oxygen atoms in total. The molecule has 27 heavy (non-hydrogen) atoms. The average Bonchev–Trinajstić information content (AvgIpc) is 3.43. The van der Waals surface area contributed by atoms with Gasteiger partial charge in [-0.05, 0) is 65.5 Å². The van der Waals surface area contributed by atoms with Crippen LogP contribution >= 0.6 is 0 Å². The minimum Gasteiger partial charge on any atom is -0.378 e. The molecule has 0 amide bonds. The number of allylic oxidation sites excluding steroid dienone is 2. The Morgan fingerprint density at radius 2 is 2.04 bits per heavy atom. The molecule has 132 valence electrons. The fraction of sp³-hybridized carbons (Fsp3) is 0.273. The first kappa shape index (κ1) is 15.0. The van der Waals surface area contributed by atoms with Crippen LogP contribution in [-0.4, -0.2) is 10.2 Å². The van der Waals surface area contributed by atoms with Crippen LogP contribution in [0.3, 0.4) is 0 Å². The Balaban J connectivity index is 1.56. The third-order valence-corrected chi connectivity index (χ3v) is 6.69. The van der Waals surface area contributed by atoms with E-state index in [1.807, 2.05) is 18.3 Å². The Hall–Kier alpha value is -3.13. The van der Waals surface area contributed by atoms with Crippen LogP contribution in [0.15, 0.2) is 48.7 Å². The number of hydrogen-bond donors (Lipinski definition) is 2. The lowest BCUT2D eigenvalue weighted by atomic mass is 9.69. The van der Waals surface area contributed by atoms with Crippen LogP contribution in [-0.2, 0) is 0 Å². The number of fused-ring (bicyclic) bond motifs is 9. The molecule has 0 saturated heterocycles. The first-order valence-electron chi connectivity index (χ1n) is 9.35. The standard InChI is InChI=1S/C22H17FN4/c23-16-4-3-13(8-14(16)9-24)22-20-12-2-1-11(7-12)19(20)21-15-10-25-27-17(15)5-6-18(21)26-22/h1-6,8,10-12,19-20,22,26H,7H2,(H,25,27). The molecule has 3 aliphatic rings. The summed E-state index contributed by atoms with van der Waals surface area (Å²) in [6, 6.07) is 11.2. The third-order valence-electron chi connectivity index (χ3n) is 6.69. The Morgan fingerprint density at radius 3 is 2.93 bits per heavy atom. The van der Waals surface area contributed by atoms with Gasteiger partial charge in [0.25, 0.3) is 0 Å². The van der Waals surface area contributed by atoms with Crippen molar-refractivity contribution >= 4 is 16.6 Å². The Kier molecular flexibility index (Phi) is 2.88. The van der Waals surface area contributed by atoms with Crippen LogP contribution in [0, 0.1) is 34.9 Å². The molecule has 1 fully saturated rings. The van der Waals surface area contributed by atoms with E-state index >= 15 is 0 Å². The maximum absolute atomic E-state index is 13.9. The molecule has 2 N–H and O–H groups in total. The van der Waals surface area contributed by atoms with Gasteiger partial charge in [0.2, 0.25) is 0 Å². The zero-order chi connectivity index (χ0) is 18.1. The summed E-state index contributed by atoms with van der Waals surface area (Å²) in [6.07, 6.45) is 7.79. The van der Waals surface area contributed by atoms with Crippen LogP contribution in [0.25, 0.3) is 10.9 Å². The lowest BCUT2D eigenvalue weighted by molar-refractivity contribution is 0.334. The van der Waals surface area contributed by atoms with Crippen molar-refractivity contribution in [1.82, 2.24) is 10.2 Å². The average molecular weight is 356 g/mol. The number of aromatic amines is 1. The molecule has 5 atom stereocenters. The number of rotatable bonds is 1. The second-order valence-electron chi connectivity index (χ2n) is 7.88. The van der Waals surface area contributed by atoms with E-state index in [0.29, 0.717) is 23.7 Å². The number of aromatic nitrogens is 2. The molecular formula is C22H17FN4. The summed E-state index contributed by atoms with van der Waals surface area (Å²) in [7, 11) is 0. The topological polar surface area (TPSA) is 64.5 Å². The predicted octanol–water partition coefficient (Wildman–Crippen LogP) is 4.65. The van der Waals surface area contributed by atoms with E-state index in [1.165, 1.54) is 17.0 Å². The van der Waals surface area contributed by atoms with Gasteiger partial charge >= 0.3 is 0 Å². The summed E-state index contributed by atoms with van der Waals surface area (Å²) in [6.45, 7) is 0. The number of nitrogens with zero attached hydrogens (tertiary/aromatic N) is 2. The molecule has 1 saturated carbocycles. The molecule has 0 radical (unpaired) electrons. The van der Waals surface area contributed by atoms with E-state index in [0.717, 1.165) is 23.2 Å². The van der Waals surface area contributed by atoms with Gasteiger partial charge in [-0.3, -0.25) is 5.10 Å². The summed E-state index contributed by atoms with van der Waals surface area (Å²) in [5, 5.41) is 21.5. The Bertz CT molecular complexity index is 1150. The Labute approximate surface area is 155 Å². The SMILES string of the molecule is N#Cc1cc(C2Nc3ccc4[nH]ncc4c3C3C4C=CC(C4)C23)ccc1F. The molecule has 3 aromatic rings. The summed E-state index contributed by atoms with van der Waals surface area (Å²) < 4.78 is 13.9. The van der Waals surface area contributed by atoms with Crippen molar-refractivity contribution in [2.24, 2.45) is 17.8 Å². The monoisotopic (exact) mass is 356 g/mol. The second kappa shape index (κ2) is 5.20. The van der Waals surface area contributed by atoms with Gasteiger partial charge in [0, 0.05) is 11.1 Å². The highest BCUT2D eigenvalue weighted by molar-refractivity contribution is 5.88. The highest BCUT2D eigenvalue weighted by atomic mass is 19.1.